The van der Waals surface area contributed by atoms with Gasteiger partial charge in [0.1, 0.15) is 0 Å². The summed E-state index contributed by atoms with van der Waals surface area (Å²) in [4.78, 5) is 16.6. The van der Waals surface area contributed by atoms with Crippen LogP contribution in [0.5, 0.6) is 0 Å². The second-order valence-electron chi connectivity index (χ2n) is 7.26. The SMILES string of the molecule is CC/C=C/n1nnc(C2CCCCN2C(=O)C2CCC(C)CC2)n1. The molecule has 1 aliphatic heterocycles. The lowest BCUT2D eigenvalue weighted by Crippen LogP contribution is -2.43. The molecule has 0 spiro atoms. The fraction of sp³-hybridized carbons (Fsp3) is 0.778. The molecule has 6 nitrogen and oxygen atoms in total. The summed E-state index contributed by atoms with van der Waals surface area (Å²) in [6, 6.07) is -0.00521. The lowest BCUT2D eigenvalue weighted by molar-refractivity contribution is -0.141. The Kier molecular flexibility index (Phi) is 5.63. The number of hydrogen-bond acceptors (Lipinski definition) is 4. The summed E-state index contributed by atoms with van der Waals surface area (Å²) in [5.74, 6) is 1.95. The molecule has 1 aromatic rings. The van der Waals surface area contributed by atoms with Crippen LogP contribution in [0.4, 0.5) is 0 Å². The molecule has 0 N–H and O–H groups in total. The van der Waals surface area contributed by atoms with Crippen LogP contribution < -0.4 is 0 Å². The second-order valence-corrected chi connectivity index (χ2v) is 7.26. The molecule has 2 aliphatic rings. The van der Waals surface area contributed by atoms with Gasteiger partial charge in [0.2, 0.25) is 5.91 Å². The maximum atomic E-state index is 13.1. The molecule has 3 rings (SSSR count). The van der Waals surface area contributed by atoms with Gasteiger partial charge in [-0.15, -0.1) is 15.0 Å². The summed E-state index contributed by atoms with van der Waals surface area (Å²) in [5.41, 5.74) is 0. The minimum Gasteiger partial charge on any atom is -0.332 e. The summed E-state index contributed by atoms with van der Waals surface area (Å²) >= 11 is 0. The summed E-state index contributed by atoms with van der Waals surface area (Å²) in [6.45, 7) is 5.19. The van der Waals surface area contributed by atoms with Crippen molar-refractivity contribution in [2.24, 2.45) is 11.8 Å². The van der Waals surface area contributed by atoms with Crippen molar-refractivity contribution in [3.05, 3.63) is 11.9 Å². The van der Waals surface area contributed by atoms with Crippen LogP contribution in [0.1, 0.15) is 77.1 Å². The van der Waals surface area contributed by atoms with Crippen LogP contribution >= 0.6 is 0 Å². The number of piperidine rings is 1. The third-order valence-electron chi connectivity index (χ3n) is 5.37. The van der Waals surface area contributed by atoms with Gasteiger partial charge in [-0.25, -0.2) is 0 Å². The third kappa shape index (κ3) is 3.84. The molecular weight excluding hydrogens is 302 g/mol. The molecular formula is C18H29N5O. The average molecular weight is 331 g/mol. The van der Waals surface area contributed by atoms with Crippen LogP contribution in [-0.4, -0.2) is 37.6 Å². The number of likely N-dealkylation sites (tertiary alicyclic amines) is 1. The van der Waals surface area contributed by atoms with Crippen molar-refractivity contribution in [1.82, 2.24) is 25.1 Å². The highest BCUT2D eigenvalue weighted by Crippen LogP contribution is 2.34. The highest BCUT2D eigenvalue weighted by Gasteiger charge is 2.35. The van der Waals surface area contributed by atoms with Gasteiger partial charge in [0.15, 0.2) is 5.82 Å². The Balaban J connectivity index is 1.72. The van der Waals surface area contributed by atoms with Gasteiger partial charge in [-0.2, -0.15) is 0 Å². The molecule has 1 unspecified atom stereocenters. The van der Waals surface area contributed by atoms with Crippen molar-refractivity contribution in [2.75, 3.05) is 6.54 Å². The first kappa shape index (κ1) is 17.1. The first-order valence-electron chi connectivity index (χ1n) is 9.45. The minimum absolute atomic E-state index is 0.00521. The van der Waals surface area contributed by atoms with Crippen LogP contribution in [-0.2, 0) is 4.79 Å². The van der Waals surface area contributed by atoms with Crippen LogP contribution in [0.3, 0.4) is 0 Å². The van der Waals surface area contributed by atoms with Crippen molar-refractivity contribution in [1.29, 1.82) is 0 Å². The summed E-state index contributed by atoms with van der Waals surface area (Å²) < 4.78 is 0. The molecule has 24 heavy (non-hydrogen) atoms. The van der Waals surface area contributed by atoms with Crippen LogP contribution in [0.15, 0.2) is 6.08 Å². The van der Waals surface area contributed by atoms with Gasteiger partial charge in [0.05, 0.1) is 6.04 Å². The van der Waals surface area contributed by atoms with Gasteiger partial charge in [-0.3, -0.25) is 4.79 Å². The molecule has 1 aromatic heterocycles. The Morgan fingerprint density at radius 3 is 2.75 bits per heavy atom. The molecule has 1 aliphatic carbocycles. The number of aromatic nitrogens is 4. The van der Waals surface area contributed by atoms with Gasteiger partial charge in [-0.05, 0) is 62.5 Å². The van der Waals surface area contributed by atoms with Crippen LogP contribution in [0, 0.1) is 11.8 Å². The predicted molar refractivity (Wildman–Crippen MR) is 92.9 cm³/mol. The first-order chi connectivity index (χ1) is 11.7. The van der Waals surface area contributed by atoms with Gasteiger partial charge in [0.25, 0.3) is 0 Å². The van der Waals surface area contributed by atoms with E-state index in [2.05, 4.69) is 29.3 Å². The van der Waals surface area contributed by atoms with E-state index >= 15 is 0 Å². The van der Waals surface area contributed by atoms with Gasteiger partial charge in [0, 0.05) is 18.7 Å². The topological polar surface area (TPSA) is 63.9 Å². The van der Waals surface area contributed by atoms with E-state index in [1.807, 2.05) is 17.2 Å². The number of hydrogen-bond donors (Lipinski definition) is 0. The smallest absolute Gasteiger partial charge is 0.226 e. The van der Waals surface area contributed by atoms with E-state index in [0.717, 1.165) is 51.0 Å². The second kappa shape index (κ2) is 7.90. The van der Waals surface area contributed by atoms with E-state index in [1.165, 1.54) is 17.6 Å². The molecule has 1 atom stereocenters. The number of carbonyl (C=O) groups excluding carboxylic acids is 1. The normalized spacial score (nSPS) is 28.4. The van der Waals surface area contributed by atoms with E-state index < -0.39 is 0 Å². The van der Waals surface area contributed by atoms with Gasteiger partial charge >= 0.3 is 0 Å². The Labute approximate surface area is 144 Å². The third-order valence-corrected chi connectivity index (χ3v) is 5.37. The van der Waals surface area contributed by atoms with Crippen molar-refractivity contribution in [3.8, 4) is 0 Å². The molecule has 0 aromatic carbocycles. The van der Waals surface area contributed by atoms with Crippen molar-refractivity contribution in [2.45, 2.75) is 71.3 Å². The average Bonchev–Trinajstić information content (AvgIpc) is 3.09. The first-order valence-corrected chi connectivity index (χ1v) is 9.45. The zero-order valence-electron chi connectivity index (χ0n) is 14.9. The number of rotatable bonds is 4. The van der Waals surface area contributed by atoms with E-state index in [0.29, 0.717) is 11.7 Å². The summed E-state index contributed by atoms with van der Waals surface area (Å²) in [7, 11) is 0. The maximum absolute atomic E-state index is 13.1. The molecule has 2 fully saturated rings. The summed E-state index contributed by atoms with van der Waals surface area (Å²) in [6.07, 6.45) is 12.3. The number of allylic oxidation sites excluding steroid dienone is 1. The Bertz CT molecular complexity index is 574. The Morgan fingerprint density at radius 1 is 1.21 bits per heavy atom. The molecule has 1 amide bonds. The fourth-order valence-corrected chi connectivity index (χ4v) is 3.84. The van der Waals surface area contributed by atoms with Crippen molar-refractivity contribution < 1.29 is 4.79 Å². The number of amides is 1. The number of tetrazole rings is 1. The quantitative estimate of drug-likeness (QED) is 0.848. The molecule has 132 valence electrons. The van der Waals surface area contributed by atoms with E-state index in [-0.39, 0.29) is 12.0 Å². The molecule has 1 saturated heterocycles. The monoisotopic (exact) mass is 331 g/mol. The zero-order chi connectivity index (χ0) is 16.9. The highest BCUT2D eigenvalue weighted by molar-refractivity contribution is 5.79. The number of nitrogens with zero attached hydrogens (tertiary/aromatic N) is 5. The van der Waals surface area contributed by atoms with Gasteiger partial charge in [-0.1, -0.05) is 19.9 Å². The Hall–Kier alpha value is -1.72. The van der Waals surface area contributed by atoms with E-state index in [1.54, 1.807) is 0 Å². The van der Waals surface area contributed by atoms with Crippen molar-refractivity contribution in [3.63, 3.8) is 0 Å². The van der Waals surface area contributed by atoms with Gasteiger partial charge < -0.3 is 4.90 Å². The summed E-state index contributed by atoms with van der Waals surface area (Å²) in [5, 5.41) is 12.8. The molecule has 6 heteroatoms. The minimum atomic E-state index is -0.00521. The van der Waals surface area contributed by atoms with E-state index in [4.69, 9.17) is 0 Å². The molecule has 2 heterocycles. The fourth-order valence-electron chi connectivity index (χ4n) is 3.84. The zero-order valence-corrected chi connectivity index (χ0v) is 14.9. The number of carbonyl (C=O) groups is 1. The molecule has 0 radical (unpaired) electrons. The standard InChI is InChI=1S/C18H29N5O/c1-3-4-13-23-20-17(19-21-23)16-7-5-6-12-22(16)18(24)15-10-8-14(2)9-11-15/h4,13-16H,3,5-12H2,1-2H3/b13-4+. The lowest BCUT2D eigenvalue weighted by Gasteiger charge is -2.37. The van der Waals surface area contributed by atoms with E-state index in [9.17, 15) is 4.79 Å². The lowest BCUT2D eigenvalue weighted by atomic mass is 9.82. The Morgan fingerprint density at radius 2 is 2.00 bits per heavy atom. The predicted octanol–water partition coefficient (Wildman–Crippen LogP) is 3.43. The van der Waals surface area contributed by atoms with Crippen molar-refractivity contribution >= 4 is 12.1 Å². The molecule has 0 bridgehead atoms. The van der Waals surface area contributed by atoms with Crippen LogP contribution in [0.2, 0.25) is 0 Å². The molecule has 1 saturated carbocycles. The highest BCUT2D eigenvalue weighted by atomic mass is 16.2. The van der Waals surface area contributed by atoms with Crippen LogP contribution in [0.25, 0.3) is 6.20 Å². The maximum Gasteiger partial charge on any atom is 0.226 e. The largest absolute Gasteiger partial charge is 0.332 e.